The molecule has 1 aromatic heterocycles. The van der Waals surface area contributed by atoms with Crippen LogP contribution >= 0.6 is 0 Å². The first kappa shape index (κ1) is 14.2. The van der Waals surface area contributed by atoms with Crippen molar-refractivity contribution in [3.05, 3.63) is 11.9 Å². The van der Waals surface area contributed by atoms with Gasteiger partial charge < -0.3 is 5.32 Å². The summed E-state index contributed by atoms with van der Waals surface area (Å²) in [7, 11) is 0. The van der Waals surface area contributed by atoms with Crippen LogP contribution in [-0.4, -0.2) is 21.0 Å². The molecule has 98 valence electrons. The number of aryl methyl sites for hydroxylation is 1. The van der Waals surface area contributed by atoms with Gasteiger partial charge in [0.05, 0.1) is 17.9 Å². The molecule has 4 heteroatoms. The highest BCUT2D eigenvalue weighted by Gasteiger charge is 2.16. The number of hydrogen-bond donors (Lipinski definition) is 1. The second-order valence-corrected chi connectivity index (χ2v) is 4.90. The Balaban J connectivity index is 2.75. The van der Waals surface area contributed by atoms with Crippen molar-refractivity contribution in [3.8, 4) is 0 Å². The SMILES string of the molecule is CCCCC(NC(C)C)c1cnnn1CCC. The molecule has 0 fully saturated rings. The lowest BCUT2D eigenvalue weighted by Gasteiger charge is -2.21. The van der Waals surface area contributed by atoms with E-state index in [1.165, 1.54) is 18.5 Å². The van der Waals surface area contributed by atoms with Crippen LogP contribution in [0.1, 0.15) is 65.1 Å². The third-order valence-corrected chi connectivity index (χ3v) is 2.82. The van der Waals surface area contributed by atoms with Gasteiger partial charge in [0, 0.05) is 12.6 Å². The van der Waals surface area contributed by atoms with Crippen LogP contribution in [0.15, 0.2) is 6.20 Å². The van der Waals surface area contributed by atoms with Crippen molar-refractivity contribution in [1.82, 2.24) is 20.3 Å². The van der Waals surface area contributed by atoms with Crippen molar-refractivity contribution < 1.29 is 0 Å². The quantitative estimate of drug-likeness (QED) is 0.757. The molecular formula is C13H26N4. The summed E-state index contributed by atoms with van der Waals surface area (Å²) >= 11 is 0. The van der Waals surface area contributed by atoms with E-state index in [9.17, 15) is 0 Å². The topological polar surface area (TPSA) is 42.7 Å². The minimum absolute atomic E-state index is 0.386. The van der Waals surface area contributed by atoms with E-state index in [0.717, 1.165) is 19.4 Å². The fourth-order valence-electron chi connectivity index (χ4n) is 2.05. The summed E-state index contributed by atoms with van der Waals surface area (Å²) < 4.78 is 2.04. The number of nitrogens with one attached hydrogen (secondary N) is 1. The fraction of sp³-hybridized carbons (Fsp3) is 0.846. The molecule has 1 rings (SSSR count). The highest BCUT2D eigenvalue weighted by molar-refractivity contribution is 5.02. The zero-order chi connectivity index (χ0) is 12.7. The van der Waals surface area contributed by atoms with E-state index in [-0.39, 0.29) is 0 Å². The second-order valence-electron chi connectivity index (χ2n) is 4.90. The Bertz CT molecular complexity index is 306. The number of nitrogens with zero attached hydrogens (tertiary/aromatic N) is 3. The van der Waals surface area contributed by atoms with Crippen molar-refractivity contribution in [1.29, 1.82) is 0 Å². The first-order valence-electron chi connectivity index (χ1n) is 6.83. The van der Waals surface area contributed by atoms with Gasteiger partial charge in [-0.2, -0.15) is 0 Å². The Kier molecular flexibility index (Phi) is 6.19. The third-order valence-electron chi connectivity index (χ3n) is 2.82. The van der Waals surface area contributed by atoms with Crippen molar-refractivity contribution in [2.24, 2.45) is 0 Å². The van der Waals surface area contributed by atoms with Crippen LogP contribution in [0.4, 0.5) is 0 Å². The van der Waals surface area contributed by atoms with Gasteiger partial charge in [-0.25, -0.2) is 4.68 Å². The van der Waals surface area contributed by atoms with Gasteiger partial charge in [-0.15, -0.1) is 5.10 Å². The van der Waals surface area contributed by atoms with Gasteiger partial charge in [-0.3, -0.25) is 0 Å². The Labute approximate surface area is 105 Å². The minimum atomic E-state index is 0.386. The van der Waals surface area contributed by atoms with E-state index in [2.05, 4.69) is 43.3 Å². The molecule has 1 N–H and O–H groups in total. The summed E-state index contributed by atoms with van der Waals surface area (Å²) in [4.78, 5) is 0. The lowest BCUT2D eigenvalue weighted by Crippen LogP contribution is -2.30. The molecule has 0 saturated carbocycles. The van der Waals surface area contributed by atoms with Gasteiger partial charge in [0.2, 0.25) is 0 Å². The van der Waals surface area contributed by atoms with Crippen LogP contribution in [0.5, 0.6) is 0 Å². The molecule has 1 atom stereocenters. The molecule has 0 spiro atoms. The summed E-state index contributed by atoms with van der Waals surface area (Å²) in [6, 6.07) is 0.873. The zero-order valence-electron chi connectivity index (χ0n) is 11.6. The van der Waals surface area contributed by atoms with Crippen molar-refractivity contribution >= 4 is 0 Å². The molecule has 0 radical (unpaired) electrons. The maximum atomic E-state index is 4.17. The van der Waals surface area contributed by atoms with Crippen molar-refractivity contribution in [3.63, 3.8) is 0 Å². The maximum Gasteiger partial charge on any atom is 0.0756 e. The molecular weight excluding hydrogens is 212 g/mol. The highest BCUT2D eigenvalue weighted by Crippen LogP contribution is 2.19. The average Bonchev–Trinajstić information content (AvgIpc) is 2.72. The fourth-order valence-corrected chi connectivity index (χ4v) is 2.05. The molecule has 0 saturated heterocycles. The Morgan fingerprint density at radius 3 is 2.65 bits per heavy atom. The number of unbranched alkanes of at least 4 members (excludes halogenated alkanes) is 1. The standard InChI is InChI=1S/C13H26N4/c1-5-7-8-12(15-11(3)4)13-10-14-16-17(13)9-6-2/h10-12,15H,5-9H2,1-4H3. The predicted octanol–water partition coefficient (Wildman–Crippen LogP) is 2.92. The molecule has 1 heterocycles. The van der Waals surface area contributed by atoms with Crippen molar-refractivity contribution in [2.45, 2.75) is 72.0 Å². The molecule has 1 aromatic rings. The van der Waals surface area contributed by atoms with E-state index in [1.807, 2.05) is 10.9 Å². The molecule has 0 bridgehead atoms. The monoisotopic (exact) mass is 238 g/mol. The van der Waals surface area contributed by atoms with Crippen LogP contribution in [0.3, 0.4) is 0 Å². The lowest BCUT2D eigenvalue weighted by molar-refractivity contribution is 0.406. The highest BCUT2D eigenvalue weighted by atomic mass is 15.4. The summed E-state index contributed by atoms with van der Waals surface area (Å²) in [5.41, 5.74) is 1.23. The number of aromatic nitrogens is 3. The van der Waals surface area contributed by atoms with E-state index in [4.69, 9.17) is 0 Å². The van der Waals surface area contributed by atoms with Crippen LogP contribution in [0.2, 0.25) is 0 Å². The third kappa shape index (κ3) is 4.46. The molecule has 0 aliphatic rings. The lowest BCUT2D eigenvalue weighted by atomic mass is 10.1. The van der Waals surface area contributed by atoms with E-state index < -0.39 is 0 Å². The number of rotatable bonds is 8. The van der Waals surface area contributed by atoms with E-state index >= 15 is 0 Å². The van der Waals surface area contributed by atoms with E-state index in [1.54, 1.807) is 0 Å². The first-order valence-corrected chi connectivity index (χ1v) is 6.83. The summed E-state index contributed by atoms with van der Waals surface area (Å²) in [5.74, 6) is 0. The summed E-state index contributed by atoms with van der Waals surface area (Å²) in [5, 5.41) is 11.8. The van der Waals surface area contributed by atoms with Gasteiger partial charge in [0.25, 0.3) is 0 Å². The predicted molar refractivity (Wildman–Crippen MR) is 70.9 cm³/mol. The van der Waals surface area contributed by atoms with Crippen LogP contribution in [0.25, 0.3) is 0 Å². The Morgan fingerprint density at radius 2 is 2.06 bits per heavy atom. The second kappa shape index (κ2) is 7.43. The van der Waals surface area contributed by atoms with Crippen LogP contribution in [-0.2, 0) is 6.54 Å². The molecule has 1 unspecified atom stereocenters. The summed E-state index contributed by atoms with van der Waals surface area (Å²) in [6.07, 6.45) is 6.63. The Morgan fingerprint density at radius 1 is 1.29 bits per heavy atom. The minimum Gasteiger partial charge on any atom is -0.306 e. The van der Waals surface area contributed by atoms with Gasteiger partial charge in [-0.05, 0) is 12.8 Å². The largest absolute Gasteiger partial charge is 0.306 e. The first-order chi connectivity index (χ1) is 8.19. The van der Waals surface area contributed by atoms with Gasteiger partial charge in [0.1, 0.15) is 0 Å². The normalized spacial score (nSPS) is 13.2. The molecule has 0 aliphatic carbocycles. The van der Waals surface area contributed by atoms with Gasteiger partial charge in [-0.1, -0.05) is 45.7 Å². The average molecular weight is 238 g/mol. The number of hydrogen-bond acceptors (Lipinski definition) is 3. The maximum absolute atomic E-state index is 4.17. The van der Waals surface area contributed by atoms with Gasteiger partial charge >= 0.3 is 0 Å². The smallest absolute Gasteiger partial charge is 0.0756 e. The molecule has 17 heavy (non-hydrogen) atoms. The van der Waals surface area contributed by atoms with E-state index in [0.29, 0.717) is 12.1 Å². The molecule has 0 aliphatic heterocycles. The van der Waals surface area contributed by atoms with Crippen molar-refractivity contribution in [2.75, 3.05) is 0 Å². The Hall–Kier alpha value is -0.900. The van der Waals surface area contributed by atoms with Crippen LogP contribution in [0, 0.1) is 0 Å². The molecule has 0 amide bonds. The van der Waals surface area contributed by atoms with Gasteiger partial charge in [0.15, 0.2) is 0 Å². The molecule has 0 aromatic carbocycles. The molecule has 4 nitrogen and oxygen atoms in total. The summed E-state index contributed by atoms with van der Waals surface area (Å²) in [6.45, 7) is 9.73. The zero-order valence-corrected chi connectivity index (χ0v) is 11.6. The van der Waals surface area contributed by atoms with Crippen LogP contribution < -0.4 is 5.32 Å².